The molecule has 1 fully saturated rings. The van der Waals surface area contributed by atoms with Crippen LogP contribution in [0.4, 0.5) is 0 Å². The number of benzene rings is 1. The number of carbonyl (C=O) groups excluding carboxylic acids is 1. The van der Waals surface area contributed by atoms with Crippen LogP contribution in [0.3, 0.4) is 0 Å². The van der Waals surface area contributed by atoms with Gasteiger partial charge in [0.1, 0.15) is 5.75 Å². The minimum absolute atomic E-state index is 0.0644. The molecule has 116 valence electrons. The molecule has 1 aromatic rings. The van der Waals surface area contributed by atoms with Gasteiger partial charge in [0, 0.05) is 19.1 Å². The van der Waals surface area contributed by atoms with E-state index in [0.717, 1.165) is 38.0 Å². The van der Waals surface area contributed by atoms with Crippen LogP contribution < -0.4 is 5.32 Å². The molecule has 0 saturated carbocycles. The fourth-order valence-electron chi connectivity index (χ4n) is 2.88. The van der Waals surface area contributed by atoms with E-state index in [1.165, 1.54) is 12.8 Å². The lowest BCUT2D eigenvalue weighted by atomic mass is 10.0. The fraction of sp³-hybridized carbons (Fsp3) is 0.588. The van der Waals surface area contributed by atoms with Crippen LogP contribution in [0, 0.1) is 6.92 Å². The molecule has 2 N–H and O–H groups in total. The molecule has 0 spiro atoms. The highest BCUT2D eigenvalue weighted by Crippen LogP contribution is 2.21. The topological polar surface area (TPSA) is 52.6 Å². The Morgan fingerprint density at radius 1 is 1.43 bits per heavy atom. The molecular formula is C17H26N2O2. The van der Waals surface area contributed by atoms with Crippen LogP contribution in [0.5, 0.6) is 5.75 Å². The van der Waals surface area contributed by atoms with Crippen molar-refractivity contribution >= 4 is 5.91 Å². The first kappa shape index (κ1) is 15.8. The lowest BCUT2D eigenvalue weighted by Gasteiger charge is -2.30. The molecule has 1 amide bonds. The van der Waals surface area contributed by atoms with Crippen LogP contribution in [-0.4, -0.2) is 41.6 Å². The summed E-state index contributed by atoms with van der Waals surface area (Å²) in [5.74, 6) is 0.00808. The first-order valence-electron chi connectivity index (χ1n) is 7.94. The second kappa shape index (κ2) is 7.46. The van der Waals surface area contributed by atoms with E-state index >= 15 is 0 Å². The predicted octanol–water partition coefficient (Wildman–Crippen LogP) is 2.69. The Kier molecular flexibility index (Phi) is 5.62. The van der Waals surface area contributed by atoms with Gasteiger partial charge < -0.3 is 15.3 Å². The maximum absolute atomic E-state index is 12.7. The Morgan fingerprint density at radius 2 is 2.24 bits per heavy atom. The molecule has 1 aromatic carbocycles. The first-order chi connectivity index (χ1) is 10.1. The van der Waals surface area contributed by atoms with Gasteiger partial charge in [-0.3, -0.25) is 4.79 Å². The third-order valence-corrected chi connectivity index (χ3v) is 4.02. The summed E-state index contributed by atoms with van der Waals surface area (Å²) in [4.78, 5) is 14.6. The van der Waals surface area contributed by atoms with Gasteiger partial charge in [0.2, 0.25) is 0 Å². The smallest absolute Gasteiger partial charge is 0.257 e. The monoisotopic (exact) mass is 290 g/mol. The zero-order valence-electron chi connectivity index (χ0n) is 13.1. The maximum atomic E-state index is 12.7. The molecule has 0 radical (unpaired) electrons. The number of carbonyl (C=O) groups is 1. The molecule has 1 unspecified atom stereocenters. The van der Waals surface area contributed by atoms with E-state index < -0.39 is 0 Å². The minimum atomic E-state index is -0.0644. The van der Waals surface area contributed by atoms with Crippen LogP contribution >= 0.6 is 0 Å². The third-order valence-electron chi connectivity index (χ3n) is 4.02. The van der Waals surface area contributed by atoms with Crippen molar-refractivity contribution in [3.05, 3.63) is 29.3 Å². The number of hydrogen-bond acceptors (Lipinski definition) is 3. The Balaban J connectivity index is 2.12. The van der Waals surface area contributed by atoms with Gasteiger partial charge in [-0.25, -0.2) is 0 Å². The van der Waals surface area contributed by atoms with Crippen LogP contribution in [0.2, 0.25) is 0 Å². The summed E-state index contributed by atoms with van der Waals surface area (Å²) in [6.45, 7) is 6.49. The molecule has 1 atom stereocenters. The lowest BCUT2D eigenvalue weighted by molar-refractivity contribution is 0.0728. The zero-order valence-corrected chi connectivity index (χ0v) is 13.1. The highest BCUT2D eigenvalue weighted by molar-refractivity contribution is 5.97. The Morgan fingerprint density at radius 3 is 2.90 bits per heavy atom. The van der Waals surface area contributed by atoms with Gasteiger partial charge in [0.25, 0.3) is 5.91 Å². The van der Waals surface area contributed by atoms with E-state index in [4.69, 9.17) is 0 Å². The van der Waals surface area contributed by atoms with Crippen LogP contribution in [0.1, 0.15) is 48.5 Å². The number of phenolic OH excluding ortho intramolecular Hbond substituents is 1. The van der Waals surface area contributed by atoms with Crippen LogP contribution in [0.25, 0.3) is 0 Å². The Hall–Kier alpha value is -1.55. The molecule has 4 heteroatoms. The van der Waals surface area contributed by atoms with Gasteiger partial charge in [-0.05, 0) is 44.9 Å². The highest BCUT2D eigenvalue weighted by atomic mass is 16.3. The molecule has 0 aromatic heterocycles. The van der Waals surface area contributed by atoms with Crippen LogP contribution in [-0.2, 0) is 0 Å². The summed E-state index contributed by atoms with van der Waals surface area (Å²) in [6, 6.07) is 5.57. The second-order valence-electron chi connectivity index (χ2n) is 5.92. The van der Waals surface area contributed by atoms with E-state index in [2.05, 4.69) is 12.2 Å². The second-order valence-corrected chi connectivity index (χ2v) is 5.92. The van der Waals surface area contributed by atoms with E-state index in [-0.39, 0.29) is 11.7 Å². The van der Waals surface area contributed by atoms with Crippen LogP contribution in [0.15, 0.2) is 18.2 Å². The number of nitrogens with one attached hydrogen (secondary N) is 1. The molecule has 4 nitrogen and oxygen atoms in total. The van der Waals surface area contributed by atoms with Crippen molar-refractivity contribution in [2.75, 3.05) is 19.6 Å². The quantitative estimate of drug-likeness (QED) is 0.876. The van der Waals surface area contributed by atoms with Gasteiger partial charge in [-0.15, -0.1) is 0 Å². The van der Waals surface area contributed by atoms with Crippen molar-refractivity contribution in [2.45, 2.75) is 45.6 Å². The number of hydrogen-bond donors (Lipinski definition) is 2. The number of piperidine rings is 1. The van der Waals surface area contributed by atoms with Gasteiger partial charge in [-0.1, -0.05) is 25.0 Å². The lowest BCUT2D eigenvalue weighted by Crippen LogP contribution is -2.46. The number of amides is 1. The molecule has 0 bridgehead atoms. The summed E-state index contributed by atoms with van der Waals surface area (Å²) in [5.41, 5.74) is 1.41. The fourth-order valence-corrected chi connectivity index (χ4v) is 2.88. The van der Waals surface area contributed by atoms with E-state index in [1.54, 1.807) is 12.1 Å². The standard InChI is InChI=1S/C17H26N2O2/c1-3-10-19(12-14-6-4-5-9-18-14)17(21)15-11-13(2)7-8-16(15)20/h7-8,11,14,18,20H,3-6,9-10,12H2,1-2H3. The van der Waals surface area contributed by atoms with Crippen molar-refractivity contribution in [3.63, 3.8) is 0 Å². The van der Waals surface area contributed by atoms with Gasteiger partial charge in [-0.2, -0.15) is 0 Å². The average molecular weight is 290 g/mol. The summed E-state index contributed by atoms with van der Waals surface area (Å²) in [6.07, 6.45) is 4.48. The molecule has 21 heavy (non-hydrogen) atoms. The minimum Gasteiger partial charge on any atom is -0.507 e. The van der Waals surface area contributed by atoms with Crippen molar-refractivity contribution in [3.8, 4) is 5.75 Å². The number of aromatic hydroxyl groups is 1. The van der Waals surface area contributed by atoms with Crippen molar-refractivity contribution in [2.24, 2.45) is 0 Å². The number of rotatable bonds is 5. The molecule has 1 saturated heterocycles. The molecule has 1 aliphatic rings. The largest absolute Gasteiger partial charge is 0.507 e. The van der Waals surface area contributed by atoms with Crippen molar-refractivity contribution in [1.29, 1.82) is 0 Å². The molecule has 1 aliphatic heterocycles. The molecule has 0 aliphatic carbocycles. The average Bonchev–Trinajstić information content (AvgIpc) is 2.49. The van der Waals surface area contributed by atoms with Crippen molar-refractivity contribution in [1.82, 2.24) is 10.2 Å². The van der Waals surface area contributed by atoms with E-state index in [0.29, 0.717) is 11.6 Å². The number of phenols is 1. The summed E-state index contributed by atoms with van der Waals surface area (Å²) in [5, 5.41) is 13.4. The normalized spacial score (nSPS) is 18.5. The highest BCUT2D eigenvalue weighted by Gasteiger charge is 2.22. The van der Waals surface area contributed by atoms with E-state index in [9.17, 15) is 9.90 Å². The summed E-state index contributed by atoms with van der Waals surface area (Å²) < 4.78 is 0. The summed E-state index contributed by atoms with van der Waals surface area (Å²) in [7, 11) is 0. The van der Waals surface area contributed by atoms with Gasteiger partial charge in [0.15, 0.2) is 0 Å². The Labute approximate surface area is 127 Å². The first-order valence-corrected chi connectivity index (χ1v) is 7.94. The Bertz CT molecular complexity index is 482. The predicted molar refractivity (Wildman–Crippen MR) is 84.7 cm³/mol. The number of aryl methyl sites for hydroxylation is 1. The summed E-state index contributed by atoms with van der Waals surface area (Å²) >= 11 is 0. The van der Waals surface area contributed by atoms with E-state index in [1.807, 2.05) is 17.9 Å². The molecule has 2 rings (SSSR count). The SMILES string of the molecule is CCCN(CC1CCCCN1)C(=O)c1cc(C)ccc1O. The van der Waals surface area contributed by atoms with Crippen molar-refractivity contribution < 1.29 is 9.90 Å². The zero-order chi connectivity index (χ0) is 15.2. The third kappa shape index (κ3) is 4.21. The van der Waals surface area contributed by atoms with Gasteiger partial charge >= 0.3 is 0 Å². The molecular weight excluding hydrogens is 264 g/mol. The number of nitrogens with zero attached hydrogens (tertiary/aromatic N) is 1. The molecule has 1 heterocycles. The maximum Gasteiger partial charge on any atom is 0.257 e. The van der Waals surface area contributed by atoms with Gasteiger partial charge in [0.05, 0.1) is 5.56 Å².